The van der Waals surface area contributed by atoms with Gasteiger partial charge in [-0.1, -0.05) is 18.2 Å². The minimum absolute atomic E-state index is 0.199. The van der Waals surface area contributed by atoms with E-state index in [0.717, 1.165) is 11.1 Å². The number of methoxy groups -OCH3 is 1. The lowest BCUT2D eigenvalue weighted by Crippen LogP contribution is -2.05. The summed E-state index contributed by atoms with van der Waals surface area (Å²) in [6.07, 6.45) is 0. The molecule has 0 aliphatic rings. The molecule has 0 unspecified atom stereocenters. The minimum atomic E-state index is -0.409. The third kappa shape index (κ3) is 2.65. The molecule has 2 rings (SSSR count). The predicted octanol–water partition coefficient (Wildman–Crippen LogP) is 3.68. The molecule has 0 saturated heterocycles. The van der Waals surface area contributed by atoms with Gasteiger partial charge in [-0.15, -0.1) is 0 Å². The summed E-state index contributed by atoms with van der Waals surface area (Å²) in [6.45, 7) is 3.69. The van der Waals surface area contributed by atoms with Gasteiger partial charge in [-0.2, -0.15) is 0 Å². The highest BCUT2D eigenvalue weighted by molar-refractivity contribution is 6.10. The van der Waals surface area contributed by atoms with E-state index in [4.69, 9.17) is 4.74 Å². The van der Waals surface area contributed by atoms with Crippen LogP contribution in [0.1, 0.15) is 27.0 Å². The molecule has 19 heavy (non-hydrogen) atoms. The predicted molar refractivity (Wildman–Crippen MR) is 72.3 cm³/mol. The van der Waals surface area contributed by atoms with Crippen LogP contribution >= 0.6 is 0 Å². The Morgan fingerprint density at radius 3 is 2.42 bits per heavy atom. The summed E-state index contributed by atoms with van der Waals surface area (Å²) >= 11 is 0. The lowest BCUT2D eigenvalue weighted by molar-refractivity contribution is 0.103. The Labute approximate surface area is 111 Å². The molecular formula is C16H15FO2. The van der Waals surface area contributed by atoms with Crippen LogP contribution in [0.5, 0.6) is 5.75 Å². The molecule has 3 heteroatoms. The molecule has 0 aromatic heterocycles. The van der Waals surface area contributed by atoms with Gasteiger partial charge in [0.05, 0.1) is 7.11 Å². The monoisotopic (exact) mass is 258 g/mol. The highest BCUT2D eigenvalue weighted by atomic mass is 19.1. The number of rotatable bonds is 3. The van der Waals surface area contributed by atoms with Gasteiger partial charge < -0.3 is 4.74 Å². The molecule has 0 aliphatic heterocycles. The van der Waals surface area contributed by atoms with Gasteiger partial charge in [-0.25, -0.2) is 4.39 Å². The highest BCUT2D eigenvalue weighted by Gasteiger charge is 2.14. The minimum Gasteiger partial charge on any atom is -0.496 e. The van der Waals surface area contributed by atoms with E-state index in [9.17, 15) is 9.18 Å². The SMILES string of the molecule is COc1cc(C(=O)c2cc(F)ccc2C)ccc1C. The van der Waals surface area contributed by atoms with Crippen LogP contribution < -0.4 is 4.74 Å². The van der Waals surface area contributed by atoms with Gasteiger partial charge >= 0.3 is 0 Å². The molecule has 0 N–H and O–H groups in total. The summed E-state index contributed by atoms with van der Waals surface area (Å²) in [6, 6.07) is 9.45. The lowest BCUT2D eigenvalue weighted by atomic mass is 9.98. The molecular weight excluding hydrogens is 243 g/mol. The van der Waals surface area contributed by atoms with Crippen molar-refractivity contribution >= 4 is 5.78 Å². The number of ketones is 1. The van der Waals surface area contributed by atoms with Gasteiger partial charge in [0.2, 0.25) is 0 Å². The number of hydrogen-bond acceptors (Lipinski definition) is 2. The third-order valence-electron chi connectivity index (χ3n) is 3.11. The molecule has 0 bridgehead atoms. The van der Waals surface area contributed by atoms with Crippen LogP contribution in [0, 0.1) is 19.7 Å². The maximum atomic E-state index is 13.3. The van der Waals surface area contributed by atoms with Crippen LogP contribution in [0.15, 0.2) is 36.4 Å². The molecule has 2 nitrogen and oxygen atoms in total. The number of aryl methyl sites for hydroxylation is 2. The lowest BCUT2D eigenvalue weighted by Gasteiger charge is -2.09. The van der Waals surface area contributed by atoms with E-state index >= 15 is 0 Å². The average molecular weight is 258 g/mol. The van der Waals surface area contributed by atoms with E-state index in [1.165, 1.54) is 12.1 Å². The highest BCUT2D eigenvalue weighted by Crippen LogP contribution is 2.22. The molecule has 0 saturated carbocycles. The number of carbonyl (C=O) groups is 1. The van der Waals surface area contributed by atoms with E-state index in [2.05, 4.69) is 0 Å². The van der Waals surface area contributed by atoms with Gasteiger partial charge in [-0.05, 0) is 43.2 Å². The van der Waals surface area contributed by atoms with Crippen LogP contribution in [-0.2, 0) is 0 Å². The molecule has 0 heterocycles. The Balaban J connectivity index is 2.47. The fourth-order valence-electron chi connectivity index (χ4n) is 1.96. The molecule has 0 amide bonds. The standard InChI is InChI=1S/C16H15FO2/c1-10-5-7-13(17)9-14(10)16(18)12-6-4-11(2)15(8-12)19-3/h4-9H,1-3H3. The fourth-order valence-corrected chi connectivity index (χ4v) is 1.96. The van der Waals surface area contributed by atoms with Crippen molar-refractivity contribution in [2.45, 2.75) is 13.8 Å². The maximum absolute atomic E-state index is 13.3. The number of benzene rings is 2. The van der Waals surface area contributed by atoms with Crippen molar-refractivity contribution in [3.63, 3.8) is 0 Å². The first-order chi connectivity index (χ1) is 9.02. The summed E-state index contributed by atoms with van der Waals surface area (Å²) in [4.78, 5) is 12.4. The zero-order valence-electron chi connectivity index (χ0n) is 11.2. The van der Waals surface area contributed by atoms with E-state index < -0.39 is 5.82 Å². The van der Waals surface area contributed by atoms with Crippen LogP contribution in [0.4, 0.5) is 4.39 Å². The summed E-state index contributed by atoms with van der Waals surface area (Å²) in [5.74, 6) is 0.0447. The number of halogens is 1. The Morgan fingerprint density at radius 1 is 1.05 bits per heavy atom. The van der Waals surface area contributed by atoms with Crippen LogP contribution in [0.3, 0.4) is 0 Å². The Hall–Kier alpha value is -2.16. The summed E-state index contributed by atoms with van der Waals surface area (Å²) < 4.78 is 18.5. The van der Waals surface area contributed by atoms with Crippen LogP contribution in [0.25, 0.3) is 0 Å². The Kier molecular flexibility index (Phi) is 3.65. The average Bonchev–Trinajstić information content (AvgIpc) is 2.41. The van der Waals surface area contributed by atoms with Crippen LogP contribution in [0.2, 0.25) is 0 Å². The Bertz CT molecular complexity index is 633. The van der Waals surface area contributed by atoms with E-state index in [-0.39, 0.29) is 5.78 Å². The van der Waals surface area contributed by atoms with Crippen molar-refractivity contribution in [2.75, 3.05) is 7.11 Å². The van der Waals surface area contributed by atoms with Gasteiger partial charge in [0.15, 0.2) is 5.78 Å². The van der Waals surface area contributed by atoms with Crippen molar-refractivity contribution in [3.8, 4) is 5.75 Å². The summed E-state index contributed by atoms with van der Waals surface area (Å²) in [5, 5.41) is 0. The summed E-state index contributed by atoms with van der Waals surface area (Å²) in [7, 11) is 1.56. The van der Waals surface area contributed by atoms with Crippen molar-refractivity contribution in [2.24, 2.45) is 0 Å². The van der Waals surface area contributed by atoms with Crippen molar-refractivity contribution in [3.05, 3.63) is 64.5 Å². The zero-order chi connectivity index (χ0) is 14.0. The molecule has 0 spiro atoms. The zero-order valence-corrected chi connectivity index (χ0v) is 11.2. The van der Waals surface area contributed by atoms with Gasteiger partial charge in [-0.3, -0.25) is 4.79 Å². The largest absolute Gasteiger partial charge is 0.496 e. The first-order valence-electron chi connectivity index (χ1n) is 5.98. The Morgan fingerprint density at radius 2 is 1.74 bits per heavy atom. The van der Waals surface area contributed by atoms with E-state index in [1.54, 1.807) is 32.2 Å². The van der Waals surface area contributed by atoms with E-state index in [0.29, 0.717) is 16.9 Å². The van der Waals surface area contributed by atoms with Gasteiger partial charge in [0.1, 0.15) is 11.6 Å². The number of carbonyl (C=O) groups excluding carboxylic acids is 1. The normalized spacial score (nSPS) is 10.3. The van der Waals surface area contributed by atoms with E-state index in [1.807, 2.05) is 13.0 Å². The second-order valence-corrected chi connectivity index (χ2v) is 4.47. The number of ether oxygens (including phenoxy) is 1. The molecule has 98 valence electrons. The smallest absolute Gasteiger partial charge is 0.193 e. The number of hydrogen-bond donors (Lipinski definition) is 0. The van der Waals surface area contributed by atoms with Crippen LogP contribution in [-0.4, -0.2) is 12.9 Å². The van der Waals surface area contributed by atoms with Crippen molar-refractivity contribution in [1.82, 2.24) is 0 Å². The molecule has 0 atom stereocenters. The molecule has 2 aromatic rings. The molecule has 0 radical (unpaired) electrons. The first-order valence-corrected chi connectivity index (χ1v) is 5.98. The topological polar surface area (TPSA) is 26.3 Å². The van der Waals surface area contributed by atoms with Gasteiger partial charge in [0, 0.05) is 11.1 Å². The van der Waals surface area contributed by atoms with Gasteiger partial charge in [0.25, 0.3) is 0 Å². The van der Waals surface area contributed by atoms with Crippen molar-refractivity contribution in [1.29, 1.82) is 0 Å². The second kappa shape index (κ2) is 5.22. The summed E-state index contributed by atoms with van der Waals surface area (Å²) in [5.41, 5.74) is 2.59. The first kappa shape index (κ1) is 13.3. The second-order valence-electron chi connectivity index (χ2n) is 4.47. The third-order valence-corrected chi connectivity index (χ3v) is 3.11. The maximum Gasteiger partial charge on any atom is 0.193 e. The fraction of sp³-hybridized carbons (Fsp3) is 0.188. The molecule has 0 aliphatic carbocycles. The van der Waals surface area contributed by atoms with Crippen molar-refractivity contribution < 1.29 is 13.9 Å². The quantitative estimate of drug-likeness (QED) is 0.785. The molecule has 2 aromatic carbocycles. The molecule has 0 fully saturated rings.